The Labute approximate surface area is 145 Å². The van der Waals surface area contributed by atoms with E-state index in [0.717, 1.165) is 0 Å². The second kappa shape index (κ2) is 7.45. The van der Waals surface area contributed by atoms with Crippen LogP contribution >= 0.6 is 15.9 Å². The zero-order chi connectivity index (χ0) is 17.9. The smallest absolute Gasteiger partial charge is 0.355 e. The van der Waals surface area contributed by atoms with Gasteiger partial charge in [-0.25, -0.2) is 14.4 Å². The molecular formula is C15H14BrNO7. The second-order valence-corrected chi connectivity index (χ2v) is 5.45. The Morgan fingerprint density at radius 3 is 2.46 bits per heavy atom. The highest BCUT2D eigenvalue weighted by Crippen LogP contribution is 2.34. The van der Waals surface area contributed by atoms with E-state index in [9.17, 15) is 19.5 Å². The summed E-state index contributed by atoms with van der Waals surface area (Å²) in [6.07, 6.45) is 0. The Kier molecular flexibility index (Phi) is 5.58. The molecule has 0 amide bonds. The fourth-order valence-electron chi connectivity index (χ4n) is 2.23. The van der Waals surface area contributed by atoms with Crippen molar-refractivity contribution in [1.82, 2.24) is 0 Å². The van der Waals surface area contributed by atoms with E-state index in [1.807, 2.05) is 0 Å². The van der Waals surface area contributed by atoms with Gasteiger partial charge in [0.25, 0.3) is 0 Å². The number of rotatable bonds is 4. The minimum atomic E-state index is -1.14. The minimum Gasteiger partial charge on any atom is -0.478 e. The van der Waals surface area contributed by atoms with Crippen LogP contribution in [-0.4, -0.2) is 50.6 Å². The lowest BCUT2D eigenvalue weighted by atomic mass is 10.1. The first-order valence-corrected chi connectivity index (χ1v) is 7.48. The van der Waals surface area contributed by atoms with Crippen LogP contribution in [0.5, 0.6) is 0 Å². The van der Waals surface area contributed by atoms with Gasteiger partial charge in [-0.05, 0) is 28.1 Å². The number of anilines is 1. The van der Waals surface area contributed by atoms with Gasteiger partial charge in [-0.2, -0.15) is 0 Å². The monoisotopic (exact) mass is 399 g/mol. The summed E-state index contributed by atoms with van der Waals surface area (Å²) in [4.78, 5) is 36.8. The van der Waals surface area contributed by atoms with Gasteiger partial charge in [0.15, 0.2) is 0 Å². The number of esters is 2. The van der Waals surface area contributed by atoms with Crippen LogP contribution in [0, 0.1) is 0 Å². The molecule has 24 heavy (non-hydrogen) atoms. The number of hydrogen-bond donors (Lipinski definition) is 1. The molecule has 1 aliphatic heterocycles. The molecule has 1 N–H and O–H groups in total. The fourth-order valence-corrected chi connectivity index (χ4v) is 2.88. The van der Waals surface area contributed by atoms with E-state index < -0.39 is 17.9 Å². The van der Waals surface area contributed by atoms with E-state index in [1.54, 1.807) is 6.07 Å². The summed E-state index contributed by atoms with van der Waals surface area (Å²) in [5, 5.41) is 9.23. The van der Waals surface area contributed by atoms with Crippen molar-refractivity contribution in [2.24, 2.45) is 0 Å². The topological polar surface area (TPSA) is 102 Å². The van der Waals surface area contributed by atoms with Crippen molar-refractivity contribution >= 4 is 39.5 Å². The molecule has 0 saturated heterocycles. The first-order chi connectivity index (χ1) is 11.4. The zero-order valence-corrected chi connectivity index (χ0v) is 14.5. The number of ether oxygens (including phenoxy) is 3. The summed E-state index contributed by atoms with van der Waals surface area (Å²) in [6.45, 7) is -0.184. The fraction of sp³-hybridized carbons (Fsp3) is 0.267. The largest absolute Gasteiger partial charge is 0.478 e. The van der Waals surface area contributed by atoms with E-state index in [1.165, 1.54) is 31.3 Å². The molecule has 0 radical (unpaired) electrons. The van der Waals surface area contributed by atoms with Crippen molar-refractivity contribution in [3.63, 3.8) is 0 Å². The summed E-state index contributed by atoms with van der Waals surface area (Å²) in [5.74, 6) is -2.63. The standard InChI is InChI=1S/C15H14BrNO7/c1-22-14(20)9-6-24-7-17(12(9)15(21)23-2)10-5-3-4-8(11(10)16)13(18)19/h3-5H,6-7H2,1-2H3,(H,18,19). The Hall–Kier alpha value is -2.39. The SMILES string of the molecule is COC(=O)C1=C(C(=O)OC)N(c2cccc(C(=O)O)c2Br)COC1. The molecule has 1 heterocycles. The number of methoxy groups -OCH3 is 2. The van der Waals surface area contributed by atoms with Gasteiger partial charge < -0.3 is 24.2 Å². The van der Waals surface area contributed by atoms with Crippen molar-refractivity contribution in [2.75, 3.05) is 32.5 Å². The molecule has 0 aromatic heterocycles. The van der Waals surface area contributed by atoms with Crippen molar-refractivity contribution in [2.45, 2.75) is 0 Å². The lowest BCUT2D eigenvalue weighted by molar-refractivity contribution is -0.140. The molecule has 128 valence electrons. The third kappa shape index (κ3) is 3.26. The average molecular weight is 400 g/mol. The van der Waals surface area contributed by atoms with Crippen LogP contribution in [0.3, 0.4) is 0 Å². The van der Waals surface area contributed by atoms with Crippen LogP contribution in [0.2, 0.25) is 0 Å². The van der Waals surface area contributed by atoms with Crippen LogP contribution in [0.1, 0.15) is 10.4 Å². The maximum Gasteiger partial charge on any atom is 0.355 e. The lowest BCUT2D eigenvalue weighted by Gasteiger charge is -2.32. The number of carboxylic acids is 1. The average Bonchev–Trinajstić information content (AvgIpc) is 2.59. The molecule has 0 atom stereocenters. The molecule has 0 aliphatic carbocycles. The van der Waals surface area contributed by atoms with Gasteiger partial charge in [-0.3, -0.25) is 0 Å². The first-order valence-electron chi connectivity index (χ1n) is 6.69. The molecular weight excluding hydrogens is 386 g/mol. The quantitative estimate of drug-likeness (QED) is 0.760. The lowest BCUT2D eigenvalue weighted by Crippen LogP contribution is -2.39. The molecule has 2 rings (SSSR count). The zero-order valence-electron chi connectivity index (χ0n) is 12.9. The number of hydrogen-bond acceptors (Lipinski definition) is 7. The number of carbonyl (C=O) groups is 3. The van der Waals surface area contributed by atoms with Gasteiger partial charge >= 0.3 is 17.9 Å². The van der Waals surface area contributed by atoms with E-state index in [4.69, 9.17) is 9.47 Å². The molecule has 1 aliphatic rings. The third-order valence-corrected chi connectivity index (χ3v) is 4.17. The van der Waals surface area contributed by atoms with Crippen molar-refractivity contribution in [1.29, 1.82) is 0 Å². The summed E-state index contributed by atoms with van der Waals surface area (Å²) < 4.78 is 15.0. The van der Waals surface area contributed by atoms with E-state index in [-0.39, 0.29) is 34.6 Å². The molecule has 1 aromatic rings. The number of aromatic carboxylic acids is 1. The van der Waals surface area contributed by atoms with Crippen molar-refractivity contribution in [3.05, 3.63) is 39.5 Å². The summed E-state index contributed by atoms with van der Waals surface area (Å²) in [7, 11) is 2.37. The molecule has 0 saturated carbocycles. The van der Waals surface area contributed by atoms with Gasteiger partial charge in [0.05, 0.1) is 42.1 Å². The molecule has 8 nitrogen and oxygen atoms in total. The van der Waals surface area contributed by atoms with Gasteiger partial charge in [0.1, 0.15) is 12.4 Å². The second-order valence-electron chi connectivity index (χ2n) is 4.66. The van der Waals surface area contributed by atoms with Gasteiger partial charge in [0.2, 0.25) is 0 Å². The van der Waals surface area contributed by atoms with Gasteiger partial charge in [-0.1, -0.05) is 6.07 Å². The predicted octanol–water partition coefficient (Wildman–Crippen LogP) is 1.54. The first kappa shape index (κ1) is 18.0. The molecule has 9 heteroatoms. The van der Waals surface area contributed by atoms with Crippen molar-refractivity contribution < 1.29 is 33.7 Å². The Bertz CT molecular complexity index is 729. The predicted molar refractivity (Wildman–Crippen MR) is 85.5 cm³/mol. The van der Waals surface area contributed by atoms with Crippen molar-refractivity contribution in [3.8, 4) is 0 Å². The molecule has 1 aromatic carbocycles. The third-order valence-electron chi connectivity index (χ3n) is 3.33. The Morgan fingerprint density at radius 1 is 1.21 bits per heavy atom. The highest BCUT2D eigenvalue weighted by molar-refractivity contribution is 9.10. The summed E-state index contributed by atoms with van der Waals surface area (Å²) in [5.41, 5.74) is 0.278. The van der Waals surface area contributed by atoms with Crippen LogP contribution in [0.4, 0.5) is 5.69 Å². The van der Waals surface area contributed by atoms with E-state index in [0.29, 0.717) is 5.69 Å². The number of nitrogens with zero attached hydrogens (tertiary/aromatic N) is 1. The van der Waals surface area contributed by atoms with Crippen LogP contribution < -0.4 is 4.90 Å². The van der Waals surface area contributed by atoms with E-state index >= 15 is 0 Å². The van der Waals surface area contributed by atoms with Crippen LogP contribution in [0.25, 0.3) is 0 Å². The van der Waals surface area contributed by atoms with Crippen LogP contribution in [-0.2, 0) is 23.8 Å². The normalized spacial score (nSPS) is 14.4. The maximum absolute atomic E-state index is 12.2. The number of carboxylic acid groups (broad SMARTS) is 1. The molecule has 0 bridgehead atoms. The molecule has 0 fully saturated rings. The highest BCUT2D eigenvalue weighted by atomic mass is 79.9. The number of halogens is 1. The minimum absolute atomic E-state index is 0.00177. The number of carbonyl (C=O) groups excluding carboxylic acids is 2. The number of benzene rings is 1. The molecule has 0 unspecified atom stereocenters. The Balaban J connectivity index is 2.64. The maximum atomic E-state index is 12.2. The van der Waals surface area contributed by atoms with E-state index in [2.05, 4.69) is 20.7 Å². The Morgan fingerprint density at radius 2 is 1.88 bits per heavy atom. The van der Waals surface area contributed by atoms with Crippen LogP contribution in [0.15, 0.2) is 33.9 Å². The molecule has 0 spiro atoms. The van der Waals surface area contributed by atoms with Gasteiger partial charge in [-0.15, -0.1) is 0 Å². The van der Waals surface area contributed by atoms with Gasteiger partial charge in [0, 0.05) is 0 Å². The highest BCUT2D eigenvalue weighted by Gasteiger charge is 2.33. The summed E-state index contributed by atoms with van der Waals surface area (Å²) in [6, 6.07) is 4.51. The summed E-state index contributed by atoms with van der Waals surface area (Å²) >= 11 is 3.22.